The number of alkyl halides is 6. The Labute approximate surface area is 242 Å². The van der Waals surface area contributed by atoms with Crippen LogP contribution in [0, 0.1) is 23.7 Å². The van der Waals surface area contributed by atoms with Crippen molar-refractivity contribution in [3.8, 4) is 23.7 Å². The lowest BCUT2D eigenvalue weighted by Crippen LogP contribution is -2.55. The Balaban J connectivity index is 1.53. The van der Waals surface area contributed by atoms with Crippen molar-refractivity contribution in [2.75, 3.05) is 0 Å². The lowest BCUT2D eigenvalue weighted by molar-refractivity contribution is -0.258. The van der Waals surface area contributed by atoms with Gasteiger partial charge in [0.05, 0.1) is 0 Å². The standard InChI is InChI=1S/C31H18F6O2S2/c1-27-23(15-19(38-27)9-3-17-5-11-21(40)12-6-17)25-26(30(34,35)31(36,37)29(25,32)33)24-16-20(39-28(24,27)2)10-4-18-7-13-22(41)14-8-18/h5-8,11-16,40-41H,1-2H3/t27-,28-/m1/s1. The predicted molar refractivity (Wildman–Crippen MR) is 145 cm³/mol. The third kappa shape index (κ3) is 3.73. The van der Waals surface area contributed by atoms with Crippen LogP contribution < -0.4 is 0 Å². The predicted octanol–water partition coefficient (Wildman–Crippen LogP) is 7.54. The monoisotopic (exact) mass is 600 g/mol. The maximum Gasteiger partial charge on any atom is 0.380 e. The molecule has 2 aromatic carbocycles. The number of benzene rings is 2. The van der Waals surface area contributed by atoms with Gasteiger partial charge in [-0.2, -0.15) is 26.3 Å². The third-order valence-electron chi connectivity index (χ3n) is 7.72. The molecule has 208 valence electrons. The second-order valence-corrected chi connectivity index (χ2v) is 11.2. The van der Waals surface area contributed by atoms with E-state index in [0.717, 1.165) is 12.2 Å². The van der Waals surface area contributed by atoms with E-state index in [2.05, 4.69) is 48.9 Å². The summed E-state index contributed by atoms with van der Waals surface area (Å²) in [4.78, 5) is 1.37. The van der Waals surface area contributed by atoms with Crippen LogP contribution in [-0.4, -0.2) is 29.0 Å². The zero-order valence-electron chi connectivity index (χ0n) is 21.3. The molecule has 41 heavy (non-hydrogen) atoms. The molecule has 0 spiro atoms. The molecule has 1 saturated carbocycles. The lowest BCUT2D eigenvalue weighted by Gasteiger charge is -2.45. The average Bonchev–Trinajstić information content (AvgIpc) is 3.47. The third-order valence-corrected chi connectivity index (χ3v) is 8.31. The first-order valence-corrected chi connectivity index (χ1v) is 13.1. The quantitative estimate of drug-likeness (QED) is 0.185. The van der Waals surface area contributed by atoms with Gasteiger partial charge in [-0.1, -0.05) is 11.8 Å². The first-order chi connectivity index (χ1) is 19.1. The van der Waals surface area contributed by atoms with Crippen LogP contribution in [0.2, 0.25) is 0 Å². The topological polar surface area (TPSA) is 18.5 Å². The summed E-state index contributed by atoms with van der Waals surface area (Å²) in [6, 6.07) is 13.4. The van der Waals surface area contributed by atoms with Gasteiger partial charge in [-0.3, -0.25) is 0 Å². The highest BCUT2D eigenvalue weighted by molar-refractivity contribution is 7.80. The molecular weight excluding hydrogens is 582 g/mol. The molecule has 0 saturated heterocycles. The summed E-state index contributed by atoms with van der Waals surface area (Å²) in [5.41, 5.74) is -6.87. The van der Waals surface area contributed by atoms with E-state index in [4.69, 9.17) is 9.47 Å². The molecule has 0 aromatic heterocycles. The highest BCUT2D eigenvalue weighted by atomic mass is 32.1. The summed E-state index contributed by atoms with van der Waals surface area (Å²) in [6.07, 6.45) is 2.02. The van der Waals surface area contributed by atoms with E-state index in [-0.39, 0.29) is 11.5 Å². The van der Waals surface area contributed by atoms with E-state index in [1.807, 2.05) is 0 Å². The van der Waals surface area contributed by atoms with E-state index >= 15 is 17.6 Å². The van der Waals surface area contributed by atoms with E-state index in [9.17, 15) is 8.78 Å². The van der Waals surface area contributed by atoms with Gasteiger partial charge in [0.2, 0.25) is 0 Å². The van der Waals surface area contributed by atoms with Crippen molar-refractivity contribution >= 4 is 25.3 Å². The second kappa shape index (κ2) is 8.70. The molecule has 0 N–H and O–H groups in total. The molecule has 1 fully saturated rings. The molecule has 0 amide bonds. The normalized spacial score (nSPS) is 27.7. The van der Waals surface area contributed by atoms with Gasteiger partial charge in [-0.15, -0.1) is 25.3 Å². The number of hydrogen-bond acceptors (Lipinski definition) is 4. The molecule has 2 aliphatic heterocycles. The van der Waals surface area contributed by atoms with Crippen LogP contribution in [0.3, 0.4) is 0 Å². The van der Waals surface area contributed by atoms with E-state index in [1.165, 1.54) is 13.8 Å². The highest BCUT2D eigenvalue weighted by Crippen LogP contribution is 2.69. The Hall–Kier alpha value is -3.60. The van der Waals surface area contributed by atoms with Crippen molar-refractivity contribution < 1.29 is 35.8 Å². The molecule has 0 unspecified atom stereocenters. The van der Waals surface area contributed by atoms with Gasteiger partial charge in [0.25, 0.3) is 0 Å². The number of allylic oxidation sites excluding steroid dienone is 4. The zero-order valence-corrected chi connectivity index (χ0v) is 23.0. The van der Waals surface area contributed by atoms with Crippen LogP contribution in [0.4, 0.5) is 26.3 Å². The maximum absolute atomic E-state index is 15.3. The summed E-state index contributed by atoms with van der Waals surface area (Å²) in [5, 5.41) is 0. The van der Waals surface area contributed by atoms with Gasteiger partial charge in [-0.25, -0.2) is 0 Å². The van der Waals surface area contributed by atoms with Gasteiger partial charge in [-0.05, 0) is 86.4 Å². The van der Waals surface area contributed by atoms with Crippen LogP contribution in [0.5, 0.6) is 0 Å². The molecule has 2 aliphatic carbocycles. The van der Waals surface area contributed by atoms with Crippen LogP contribution in [-0.2, 0) is 9.47 Å². The van der Waals surface area contributed by atoms with E-state index in [1.54, 1.807) is 48.5 Å². The number of rotatable bonds is 0. The summed E-state index contributed by atoms with van der Waals surface area (Å²) in [6.45, 7) is 2.65. The van der Waals surface area contributed by atoms with Crippen molar-refractivity contribution in [2.24, 2.45) is 0 Å². The van der Waals surface area contributed by atoms with Gasteiger partial charge >= 0.3 is 17.8 Å². The molecule has 2 nitrogen and oxygen atoms in total. The fraction of sp³-hybridized carbons (Fsp3) is 0.226. The molecule has 10 heteroatoms. The van der Waals surface area contributed by atoms with Crippen molar-refractivity contribution in [2.45, 2.75) is 52.6 Å². The smallest absolute Gasteiger partial charge is 0.380 e. The number of halogens is 6. The molecular formula is C31H18F6O2S2. The van der Waals surface area contributed by atoms with Crippen LogP contribution in [0.1, 0.15) is 25.0 Å². The fourth-order valence-electron chi connectivity index (χ4n) is 5.39. The van der Waals surface area contributed by atoms with Gasteiger partial charge < -0.3 is 9.47 Å². The fourth-order valence-corrected chi connectivity index (χ4v) is 5.69. The maximum atomic E-state index is 15.3. The molecule has 2 heterocycles. The van der Waals surface area contributed by atoms with Crippen LogP contribution in [0.15, 0.2) is 104 Å². The van der Waals surface area contributed by atoms with Crippen molar-refractivity contribution in [3.05, 3.63) is 106 Å². The summed E-state index contributed by atoms with van der Waals surface area (Å²) >= 11 is 8.41. The number of fused-ring (bicyclic) bond motifs is 4. The Morgan fingerprint density at radius 1 is 0.561 bits per heavy atom. The number of ether oxygens (including phenoxy) is 2. The summed E-state index contributed by atoms with van der Waals surface area (Å²) < 4.78 is 103. The molecule has 2 aromatic rings. The molecule has 0 bridgehead atoms. The number of hydrogen-bond donors (Lipinski definition) is 2. The number of thiol groups is 2. The highest BCUT2D eigenvalue weighted by Gasteiger charge is 2.85. The second-order valence-electron chi connectivity index (χ2n) is 10.2. The first-order valence-electron chi connectivity index (χ1n) is 12.2. The van der Waals surface area contributed by atoms with Crippen LogP contribution in [0.25, 0.3) is 0 Å². The SMILES string of the molecule is C[C@@]12OC(C#Cc3ccc(S)cc3)=CC1=C1C(=C3C=C(C#Cc4ccc(S)cc4)O[C@]32C)C(F)(F)C(F)(F)C1(F)F. The molecule has 6 rings (SSSR count). The Morgan fingerprint density at radius 2 is 0.902 bits per heavy atom. The van der Waals surface area contributed by atoms with Crippen LogP contribution >= 0.6 is 25.3 Å². The van der Waals surface area contributed by atoms with Gasteiger partial charge in [0, 0.05) is 43.2 Å². The first kappa shape index (κ1) is 27.6. The Bertz CT molecular complexity index is 1630. The van der Waals surface area contributed by atoms with Gasteiger partial charge in [0.1, 0.15) is 0 Å². The average molecular weight is 601 g/mol. The van der Waals surface area contributed by atoms with E-state index in [0.29, 0.717) is 20.9 Å². The Morgan fingerprint density at radius 3 is 1.24 bits per heavy atom. The molecule has 2 atom stereocenters. The zero-order chi connectivity index (χ0) is 29.6. The minimum Gasteiger partial charge on any atom is -0.470 e. The minimum atomic E-state index is -5.70. The molecule has 0 radical (unpaired) electrons. The lowest BCUT2D eigenvalue weighted by atomic mass is 9.67. The van der Waals surface area contributed by atoms with Crippen molar-refractivity contribution in [3.63, 3.8) is 0 Å². The van der Waals surface area contributed by atoms with E-state index < -0.39 is 51.3 Å². The Kier molecular flexibility index (Phi) is 5.85. The van der Waals surface area contributed by atoms with Crippen molar-refractivity contribution in [1.29, 1.82) is 0 Å². The largest absolute Gasteiger partial charge is 0.470 e. The minimum absolute atomic E-state index is 0.170. The summed E-state index contributed by atoms with van der Waals surface area (Å²) in [5.74, 6) is -5.48. The van der Waals surface area contributed by atoms with Crippen molar-refractivity contribution in [1.82, 2.24) is 0 Å². The summed E-state index contributed by atoms with van der Waals surface area (Å²) in [7, 11) is 0. The van der Waals surface area contributed by atoms with Gasteiger partial charge in [0.15, 0.2) is 22.7 Å². The molecule has 4 aliphatic rings.